The van der Waals surface area contributed by atoms with E-state index in [4.69, 9.17) is 5.73 Å². The summed E-state index contributed by atoms with van der Waals surface area (Å²) in [4.78, 5) is 22.6. The Bertz CT molecular complexity index is 449. The number of Topliss-reactive ketones (excluding diaryl/α,β-unsaturated/α-hetero) is 2. The fourth-order valence-corrected chi connectivity index (χ4v) is 2.69. The van der Waals surface area contributed by atoms with Crippen LogP contribution in [0.3, 0.4) is 0 Å². The molecule has 16 heavy (non-hydrogen) atoms. The molecule has 6 nitrogen and oxygen atoms in total. The van der Waals surface area contributed by atoms with Crippen LogP contribution in [0.1, 0.15) is 19.3 Å². The molecule has 0 fully saturated rings. The predicted octanol–water partition coefficient (Wildman–Crippen LogP) is -0.502. The first-order chi connectivity index (χ1) is 7.44. The minimum Gasteiger partial charge on any atom is -0.324 e. The molecule has 2 N–H and O–H groups in total. The van der Waals surface area contributed by atoms with Crippen molar-refractivity contribution in [2.75, 3.05) is 13.7 Å². The number of rotatable bonds is 5. The van der Waals surface area contributed by atoms with Crippen LogP contribution in [-0.4, -0.2) is 33.6 Å². The zero-order valence-electron chi connectivity index (χ0n) is 8.86. The topological polar surface area (TPSA) is 104 Å². The van der Waals surface area contributed by atoms with Gasteiger partial charge in [0.25, 0.3) is 10.1 Å². The molecule has 0 unspecified atom stereocenters. The number of ketones is 2. The maximum Gasteiger partial charge on any atom is 0.293 e. The second kappa shape index (κ2) is 4.86. The van der Waals surface area contributed by atoms with Crippen LogP contribution in [0.25, 0.3) is 0 Å². The normalized spacial score (nSPS) is 16.6. The van der Waals surface area contributed by atoms with Crippen LogP contribution in [0.15, 0.2) is 10.5 Å². The Morgan fingerprint density at radius 2 is 2.00 bits per heavy atom. The van der Waals surface area contributed by atoms with Crippen molar-refractivity contribution in [2.24, 2.45) is 5.73 Å². The minimum absolute atomic E-state index is 0.0253. The van der Waals surface area contributed by atoms with Gasteiger partial charge in [-0.15, -0.1) is 0 Å². The summed E-state index contributed by atoms with van der Waals surface area (Å²) in [5.74, 6) is -1.59. The van der Waals surface area contributed by atoms with E-state index in [1.807, 2.05) is 0 Å². The van der Waals surface area contributed by atoms with Gasteiger partial charge in [0.05, 0.1) is 18.6 Å². The number of allylic oxidation sites excluding steroid dienone is 2. The highest BCUT2D eigenvalue weighted by Crippen LogP contribution is 2.31. The van der Waals surface area contributed by atoms with E-state index in [2.05, 4.69) is 4.18 Å². The summed E-state index contributed by atoms with van der Waals surface area (Å²) in [6, 6.07) is 0. The maximum atomic E-state index is 11.5. The van der Waals surface area contributed by atoms with Crippen molar-refractivity contribution in [1.29, 1.82) is 0 Å². The third kappa shape index (κ3) is 2.37. The molecule has 0 aromatic rings. The zero-order chi connectivity index (χ0) is 12.3. The quantitative estimate of drug-likeness (QED) is 0.518. The highest BCUT2D eigenvalue weighted by molar-refractivity contribution is 7.90. The Hall–Kier alpha value is -1.05. The lowest BCUT2D eigenvalue weighted by Gasteiger charge is -2.04. The summed E-state index contributed by atoms with van der Waals surface area (Å²) in [6.45, 7) is -0.414. The molecule has 1 aliphatic rings. The van der Waals surface area contributed by atoms with Crippen molar-refractivity contribution in [1.82, 2.24) is 0 Å². The van der Waals surface area contributed by atoms with E-state index < -0.39 is 28.2 Å². The lowest BCUT2D eigenvalue weighted by molar-refractivity contribution is -0.133. The molecule has 0 saturated heterocycles. The van der Waals surface area contributed by atoms with Crippen molar-refractivity contribution < 1.29 is 22.2 Å². The van der Waals surface area contributed by atoms with E-state index in [1.165, 1.54) is 0 Å². The molecule has 0 spiro atoms. The Morgan fingerprint density at radius 1 is 1.38 bits per heavy atom. The fourth-order valence-electron chi connectivity index (χ4n) is 1.59. The van der Waals surface area contributed by atoms with Gasteiger partial charge in [-0.05, 0) is 19.3 Å². The smallest absolute Gasteiger partial charge is 0.293 e. The van der Waals surface area contributed by atoms with E-state index in [0.29, 0.717) is 6.42 Å². The average molecular weight is 247 g/mol. The Kier molecular flexibility index (Phi) is 3.95. The van der Waals surface area contributed by atoms with Gasteiger partial charge in [-0.1, -0.05) is 0 Å². The minimum atomic E-state index is -3.87. The number of hydrogen-bond donors (Lipinski definition) is 1. The highest BCUT2D eigenvalue weighted by atomic mass is 32.2. The van der Waals surface area contributed by atoms with Crippen LogP contribution in [0, 0.1) is 0 Å². The first kappa shape index (κ1) is 13.0. The van der Waals surface area contributed by atoms with Crippen LogP contribution in [0.2, 0.25) is 0 Å². The SMILES string of the molecule is COS(=O)(=O)C1=C(C(=O)C(=O)CN)CCC1. The Balaban J connectivity index is 3.15. The van der Waals surface area contributed by atoms with Gasteiger partial charge in [-0.3, -0.25) is 13.8 Å². The van der Waals surface area contributed by atoms with Crippen LogP contribution >= 0.6 is 0 Å². The third-order valence-electron chi connectivity index (χ3n) is 2.40. The van der Waals surface area contributed by atoms with Crippen molar-refractivity contribution in [2.45, 2.75) is 19.3 Å². The molecule has 0 heterocycles. The number of carbonyl (C=O) groups excluding carboxylic acids is 2. The molecule has 0 atom stereocenters. The number of carbonyl (C=O) groups is 2. The molecule has 90 valence electrons. The van der Waals surface area contributed by atoms with Gasteiger partial charge in [0, 0.05) is 5.57 Å². The Morgan fingerprint density at radius 3 is 2.50 bits per heavy atom. The lowest BCUT2D eigenvalue weighted by Crippen LogP contribution is -2.25. The van der Waals surface area contributed by atoms with Gasteiger partial charge < -0.3 is 5.73 Å². The van der Waals surface area contributed by atoms with Gasteiger partial charge in [0.15, 0.2) is 0 Å². The van der Waals surface area contributed by atoms with Crippen molar-refractivity contribution in [3.63, 3.8) is 0 Å². The summed E-state index contributed by atoms with van der Waals surface area (Å²) < 4.78 is 27.2. The van der Waals surface area contributed by atoms with Gasteiger partial charge in [-0.25, -0.2) is 0 Å². The molecule has 0 aromatic carbocycles. The maximum absolute atomic E-state index is 11.5. The molecular weight excluding hydrogens is 234 g/mol. The van der Waals surface area contributed by atoms with E-state index >= 15 is 0 Å². The zero-order valence-corrected chi connectivity index (χ0v) is 9.67. The number of hydrogen-bond acceptors (Lipinski definition) is 6. The molecule has 0 saturated carbocycles. The first-order valence-corrected chi connectivity index (χ1v) is 6.15. The number of nitrogens with two attached hydrogens (primary N) is 1. The van der Waals surface area contributed by atoms with Crippen molar-refractivity contribution >= 4 is 21.7 Å². The predicted molar refractivity (Wildman–Crippen MR) is 55.9 cm³/mol. The summed E-state index contributed by atoms with van der Waals surface area (Å²) in [5.41, 5.74) is 5.08. The summed E-state index contributed by atoms with van der Waals surface area (Å²) in [7, 11) is -2.85. The molecular formula is C9H13NO5S. The highest BCUT2D eigenvalue weighted by Gasteiger charge is 2.32. The largest absolute Gasteiger partial charge is 0.324 e. The van der Waals surface area contributed by atoms with Crippen LogP contribution in [-0.2, 0) is 23.9 Å². The summed E-state index contributed by atoms with van der Waals surface area (Å²) in [6.07, 6.45) is 1.04. The molecule has 1 rings (SSSR count). The third-order valence-corrected chi connectivity index (χ3v) is 3.89. The molecule has 0 aliphatic heterocycles. The van der Waals surface area contributed by atoms with E-state index in [-0.39, 0.29) is 23.3 Å². The van der Waals surface area contributed by atoms with Crippen molar-refractivity contribution in [3.05, 3.63) is 10.5 Å². The standard InChI is InChI=1S/C9H13NO5S/c1-15-16(13,14)8-4-2-3-6(8)9(12)7(11)5-10/h2-5,10H2,1H3. The lowest BCUT2D eigenvalue weighted by atomic mass is 10.1. The van der Waals surface area contributed by atoms with Gasteiger partial charge in [-0.2, -0.15) is 8.42 Å². The van der Waals surface area contributed by atoms with E-state index in [1.54, 1.807) is 0 Å². The molecule has 7 heteroatoms. The van der Waals surface area contributed by atoms with Crippen LogP contribution in [0.4, 0.5) is 0 Å². The molecule has 1 aliphatic carbocycles. The van der Waals surface area contributed by atoms with Crippen LogP contribution < -0.4 is 5.73 Å². The fraction of sp³-hybridized carbons (Fsp3) is 0.556. The summed E-state index contributed by atoms with van der Waals surface area (Å²) >= 11 is 0. The second-order valence-electron chi connectivity index (χ2n) is 3.33. The molecule has 0 radical (unpaired) electrons. The summed E-state index contributed by atoms with van der Waals surface area (Å²) in [5, 5.41) is 0. The first-order valence-electron chi connectivity index (χ1n) is 4.74. The van der Waals surface area contributed by atoms with Gasteiger partial charge in [0.1, 0.15) is 0 Å². The average Bonchev–Trinajstić information content (AvgIpc) is 2.76. The van der Waals surface area contributed by atoms with E-state index in [9.17, 15) is 18.0 Å². The van der Waals surface area contributed by atoms with Crippen molar-refractivity contribution in [3.8, 4) is 0 Å². The molecule has 0 amide bonds. The Labute approximate surface area is 93.6 Å². The van der Waals surface area contributed by atoms with E-state index in [0.717, 1.165) is 7.11 Å². The molecule has 0 bridgehead atoms. The second-order valence-corrected chi connectivity index (χ2v) is 5.07. The molecule has 0 aromatic heterocycles. The van der Waals surface area contributed by atoms with Gasteiger partial charge in [0.2, 0.25) is 11.6 Å². The van der Waals surface area contributed by atoms with Gasteiger partial charge >= 0.3 is 0 Å². The monoisotopic (exact) mass is 247 g/mol. The van der Waals surface area contributed by atoms with Crippen LogP contribution in [0.5, 0.6) is 0 Å².